The number of aromatic amines is 2. The van der Waals surface area contributed by atoms with Crippen molar-refractivity contribution in [2.75, 3.05) is 0 Å². The lowest BCUT2D eigenvalue weighted by molar-refractivity contribution is 1.09. The first kappa shape index (κ1) is 84.0. The van der Waals surface area contributed by atoms with E-state index < -0.39 is 0 Å². The monoisotopic (exact) mass is 1510 g/mol. The second-order valence-corrected chi connectivity index (χ2v) is 32.4. The molecule has 18 aromatic rings. The zero-order valence-electron chi connectivity index (χ0n) is 67.7. The number of nitrogens with zero attached hydrogens (tertiary/aromatic N) is 8. The number of pyridine rings is 5. The Hall–Kier alpha value is -10.6. The lowest BCUT2D eigenvalue weighted by Gasteiger charge is -1.99. The number of hydrogen-bond donors (Lipinski definition) is 2. The second kappa shape index (κ2) is 41.1. The summed E-state index contributed by atoms with van der Waals surface area (Å²) in [5.41, 5.74) is 29.2. The van der Waals surface area contributed by atoms with E-state index >= 15 is 0 Å². The number of fused-ring (bicyclic) bond motifs is 7. The van der Waals surface area contributed by atoms with Crippen LogP contribution in [-0.4, -0.2) is 49.3 Å². The van der Waals surface area contributed by atoms with Crippen molar-refractivity contribution in [3.05, 3.63) is 350 Å². The molecule has 18 rings (SSSR count). The molecule has 0 bridgehead atoms. The molecule has 560 valence electrons. The van der Waals surface area contributed by atoms with E-state index in [1.807, 2.05) is 114 Å². The minimum atomic E-state index is 0.827. The van der Waals surface area contributed by atoms with Crippen LogP contribution in [0.2, 0.25) is 0 Å². The number of aryl methyl sites for hydroxylation is 22. The number of aromatic nitrogens is 10. The molecule has 5 aromatic carbocycles. The molecule has 0 fully saturated rings. The number of hydrogen-bond acceptors (Lipinski definition) is 11. The molecule has 13 heterocycles. The molecular weight excluding hydrogens is 1410 g/mol. The molecule has 0 aliphatic heterocycles. The molecule has 109 heavy (non-hydrogen) atoms. The Morgan fingerprint density at radius 2 is 0.899 bits per heavy atom. The Bertz CT molecular complexity index is 5390. The second-order valence-electron chi connectivity index (χ2n) is 27.9. The van der Waals surface area contributed by atoms with Crippen LogP contribution < -0.4 is 0 Å². The summed E-state index contributed by atoms with van der Waals surface area (Å²) in [6.45, 7) is 45.7. The largest absolute Gasteiger partial charge is 0.361 e. The van der Waals surface area contributed by atoms with E-state index in [9.17, 15) is 0 Å². The summed E-state index contributed by atoms with van der Waals surface area (Å²) in [7, 11) is 0. The smallest absolute Gasteiger partial charge is 0.137 e. The number of thiophene rings is 3. The Labute approximate surface area is 662 Å². The molecular formula is C95H106N10S4. The highest BCUT2D eigenvalue weighted by atomic mass is 32.1. The van der Waals surface area contributed by atoms with Crippen molar-refractivity contribution >= 4 is 116 Å². The van der Waals surface area contributed by atoms with Crippen molar-refractivity contribution in [3.8, 4) is 0 Å². The third kappa shape index (κ3) is 26.9. The molecule has 0 unspecified atom stereocenters. The topological polar surface area (TPSA) is 126 Å². The molecule has 0 radical (unpaired) electrons. The maximum atomic E-state index is 4.44. The lowest BCUT2D eigenvalue weighted by atomic mass is 10.1. The maximum Gasteiger partial charge on any atom is 0.137 e. The molecule has 0 saturated heterocycles. The van der Waals surface area contributed by atoms with Crippen molar-refractivity contribution in [2.45, 2.75) is 152 Å². The average molecular weight is 1520 g/mol. The van der Waals surface area contributed by atoms with Gasteiger partial charge in [-0.15, -0.1) is 34.0 Å². The maximum absolute atomic E-state index is 4.44. The SMILES string of the molecule is Cc1ccc(C)s1.Cc1ccc2c(C)c[nH]c2c1.Cc1ccc2c(C)c[nH]c2n1.Cc1ccc2c(C)ccn2c1.Cc1ccc2ccc(C)nc2c1.Cc1ccc2cnc(C)nc2c1.Cc1ccc2nc(C)sc2c1.Cc1cccc(C)n1.Cc1ccsc1C.Cc1cnc2cc(C)ccc2c1.Cc1cscc1C. The summed E-state index contributed by atoms with van der Waals surface area (Å²) in [6.07, 6.45) is 12.0. The Morgan fingerprint density at radius 1 is 0.349 bits per heavy atom. The molecule has 0 amide bonds. The minimum Gasteiger partial charge on any atom is -0.361 e. The van der Waals surface area contributed by atoms with Gasteiger partial charge >= 0.3 is 0 Å². The van der Waals surface area contributed by atoms with Crippen LogP contribution in [0.1, 0.15) is 121 Å². The standard InChI is InChI=1S/2C11H11N.C10H10N2.2C10H11N.C9H10N2.C9H9NS.C7H9N.3C6H8S/c1-8-3-5-10-6-4-9(2)12-11(10)7-8;1-8-3-4-10-5-9(2)7-12-11(10)6-8;1-7-3-4-9-6-11-8(2)12-10(9)5-7;1-7-3-4-9-8(2)6-11-10(9)5-7;1-8-3-4-10-9(2)5-6-11(10)7-8;1-6-5-10-9-8(6)4-3-7(2)11-9;1-6-3-4-8-9(5-6)11-7(2)10-8;1-6-4-3-5-7(2)8-6;1-5-3-7-4-6(5)2;1-5-3-4-7-6(5)2;1-5-3-4-6(2)7-5/h2*3-7H,1-2H3;3-6H,1-2H3;3-6,11H,1-2H3;3-7H,1-2H3;3-5H,1-2H3,(H,10,11);3-5H,1-2H3;3-5H,1-2H3;3*3-4H,1-2H3. The number of rotatable bonds is 0. The van der Waals surface area contributed by atoms with Gasteiger partial charge in [-0.25, -0.2) is 19.9 Å². The summed E-state index contributed by atoms with van der Waals surface area (Å²) in [4.78, 5) is 40.7. The van der Waals surface area contributed by atoms with Gasteiger partial charge < -0.3 is 14.4 Å². The minimum absolute atomic E-state index is 0.827. The molecule has 0 atom stereocenters. The predicted molar refractivity (Wildman–Crippen MR) is 476 cm³/mol. The van der Waals surface area contributed by atoms with Gasteiger partial charge in [-0.3, -0.25) is 15.0 Å². The third-order valence-electron chi connectivity index (χ3n) is 17.5. The van der Waals surface area contributed by atoms with Gasteiger partial charge in [0, 0.05) is 113 Å². The zero-order valence-corrected chi connectivity index (χ0v) is 70.9. The van der Waals surface area contributed by atoms with Crippen LogP contribution in [0.4, 0.5) is 0 Å². The van der Waals surface area contributed by atoms with Crippen LogP contribution in [0.3, 0.4) is 0 Å². The van der Waals surface area contributed by atoms with Crippen molar-refractivity contribution in [2.24, 2.45) is 0 Å². The molecule has 0 aliphatic rings. The molecule has 0 aliphatic carbocycles. The zero-order chi connectivity index (χ0) is 78.8. The number of thiazole rings is 1. The highest BCUT2D eigenvalue weighted by Gasteiger charge is 2.03. The van der Waals surface area contributed by atoms with E-state index in [4.69, 9.17) is 0 Å². The third-order valence-corrected chi connectivity index (χ3v) is 21.3. The first-order valence-electron chi connectivity index (χ1n) is 36.7. The van der Waals surface area contributed by atoms with E-state index in [-0.39, 0.29) is 0 Å². The fourth-order valence-electron chi connectivity index (χ4n) is 11.1. The predicted octanol–water partition coefficient (Wildman–Crippen LogP) is 27.2. The molecule has 0 saturated carbocycles. The summed E-state index contributed by atoms with van der Waals surface area (Å²) in [5, 5.41) is 13.7. The normalized spacial score (nSPS) is 10.3. The van der Waals surface area contributed by atoms with Crippen LogP contribution in [0.15, 0.2) is 229 Å². The van der Waals surface area contributed by atoms with Gasteiger partial charge in [0.15, 0.2) is 0 Å². The molecule has 14 heteroatoms. The van der Waals surface area contributed by atoms with Crippen LogP contribution >= 0.6 is 45.3 Å². The van der Waals surface area contributed by atoms with E-state index in [0.29, 0.717) is 0 Å². The van der Waals surface area contributed by atoms with Gasteiger partial charge in [0.2, 0.25) is 0 Å². The highest BCUT2D eigenvalue weighted by molar-refractivity contribution is 7.18. The van der Waals surface area contributed by atoms with Gasteiger partial charge in [-0.05, 0) is 344 Å². The van der Waals surface area contributed by atoms with E-state index in [0.717, 1.165) is 66.7 Å². The van der Waals surface area contributed by atoms with Crippen LogP contribution in [0, 0.1) is 152 Å². The molecule has 0 spiro atoms. The van der Waals surface area contributed by atoms with E-state index in [1.165, 1.54) is 124 Å². The molecule has 13 aromatic heterocycles. The summed E-state index contributed by atoms with van der Waals surface area (Å²) in [5.74, 6) is 0.827. The summed E-state index contributed by atoms with van der Waals surface area (Å²) in [6, 6.07) is 61.0. The first-order valence-corrected chi connectivity index (χ1v) is 40.1. The van der Waals surface area contributed by atoms with Gasteiger partial charge in [-0.1, -0.05) is 72.8 Å². The fourth-order valence-corrected chi connectivity index (χ4v) is 14.4. The van der Waals surface area contributed by atoms with Gasteiger partial charge in [0.05, 0.1) is 31.8 Å². The van der Waals surface area contributed by atoms with Crippen LogP contribution in [-0.2, 0) is 0 Å². The number of nitrogens with one attached hydrogen (secondary N) is 2. The molecule has 2 N–H and O–H groups in total. The van der Waals surface area contributed by atoms with E-state index in [2.05, 4.69) is 328 Å². The Morgan fingerprint density at radius 3 is 1.50 bits per heavy atom. The fraction of sp³-hybridized carbons (Fsp3) is 0.232. The molecule has 10 nitrogen and oxygen atoms in total. The van der Waals surface area contributed by atoms with Gasteiger partial charge in [-0.2, -0.15) is 11.3 Å². The lowest BCUT2D eigenvalue weighted by Crippen LogP contribution is -1.87. The average Bonchev–Trinajstić information content (AvgIpc) is 0.968. The summed E-state index contributed by atoms with van der Waals surface area (Å²) < 4.78 is 3.45. The Kier molecular flexibility index (Phi) is 31.7. The van der Waals surface area contributed by atoms with Crippen molar-refractivity contribution in [3.63, 3.8) is 0 Å². The summed E-state index contributed by atoms with van der Waals surface area (Å²) >= 11 is 7.17. The number of H-pyrrole nitrogens is 2. The van der Waals surface area contributed by atoms with E-state index in [1.54, 1.807) is 34.0 Å². The van der Waals surface area contributed by atoms with Gasteiger partial charge in [0.1, 0.15) is 11.5 Å². The van der Waals surface area contributed by atoms with Crippen molar-refractivity contribution in [1.82, 2.24) is 49.3 Å². The number of benzene rings is 5. The van der Waals surface area contributed by atoms with Crippen molar-refractivity contribution in [1.29, 1.82) is 0 Å². The Balaban J connectivity index is 0.000000152. The van der Waals surface area contributed by atoms with Crippen molar-refractivity contribution < 1.29 is 0 Å². The van der Waals surface area contributed by atoms with Crippen LogP contribution in [0.25, 0.3) is 70.4 Å². The first-order chi connectivity index (χ1) is 52.0. The highest BCUT2D eigenvalue weighted by Crippen LogP contribution is 2.24. The quantitative estimate of drug-likeness (QED) is 0.155. The van der Waals surface area contributed by atoms with Gasteiger partial charge in [0.25, 0.3) is 0 Å². The van der Waals surface area contributed by atoms with Crippen LogP contribution in [0.5, 0.6) is 0 Å².